The molecule has 1 aromatic rings. The molecule has 134 valence electrons. The van der Waals surface area contributed by atoms with Gasteiger partial charge in [-0.2, -0.15) is 0 Å². The standard InChI is InChI=1S/C20H31NO3/c1-3-5-7-8-16-24-19(22)14-15-21-20(23)18-12-10-17(11-13-18)9-6-4-2/h10-13H,3-9,14-16H2,1-2H3,(H,21,23). The van der Waals surface area contributed by atoms with Gasteiger partial charge in [0.15, 0.2) is 0 Å². The van der Waals surface area contributed by atoms with Crippen molar-refractivity contribution >= 4 is 11.9 Å². The Hall–Kier alpha value is -1.84. The van der Waals surface area contributed by atoms with Gasteiger partial charge in [0.2, 0.25) is 0 Å². The number of carbonyl (C=O) groups is 2. The number of rotatable bonds is 12. The first-order chi connectivity index (χ1) is 11.7. The lowest BCUT2D eigenvalue weighted by molar-refractivity contribution is -0.143. The molecule has 1 N–H and O–H groups in total. The fraction of sp³-hybridized carbons (Fsp3) is 0.600. The van der Waals surface area contributed by atoms with Crippen LogP contribution in [0.2, 0.25) is 0 Å². The number of unbranched alkanes of at least 4 members (excludes halogenated alkanes) is 4. The van der Waals surface area contributed by atoms with E-state index >= 15 is 0 Å². The summed E-state index contributed by atoms with van der Waals surface area (Å²) in [7, 11) is 0. The summed E-state index contributed by atoms with van der Waals surface area (Å²) in [5.74, 6) is -0.394. The van der Waals surface area contributed by atoms with Crippen LogP contribution in [0.3, 0.4) is 0 Å². The number of hydrogen-bond donors (Lipinski definition) is 1. The summed E-state index contributed by atoms with van der Waals surface area (Å²) in [6.07, 6.45) is 7.93. The van der Waals surface area contributed by atoms with Crippen LogP contribution in [0, 0.1) is 0 Å². The van der Waals surface area contributed by atoms with E-state index in [2.05, 4.69) is 19.2 Å². The molecule has 0 heterocycles. The Labute approximate surface area is 146 Å². The van der Waals surface area contributed by atoms with Gasteiger partial charge in [0.05, 0.1) is 13.0 Å². The summed E-state index contributed by atoms with van der Waals surface area (Å²) in [4.78, 5) is 23.6. The second-order valence-corrected chi connectivity index (χ2v) is 6.09. The van der Waals surface area contributed by atoms with Crippen molar-refractivity contribution in [3.05, 3.63) is 35.4 Å². The highest BCUT2D eigenvalue weighted by molar-refractivity contribution is 5.94. The van der Waals surface area contributed by atoms with Crippen LogP contribution in [0.1, 0.15) is 74.7 Å². The summed E-state index contributed by atoms with van der Waals surface area (Å²) in [6, 6.07) is 7.67. The molecule has 0 aliphatic heterocycles. The van der Waals surface area contributed by atoms with Gasteiger partial charge in [-0.25, -0.2) is 0 Å². The van der Waals surface area contributed by atoms with Gasteiger partial charge in [0, 0.05) is 12.1 Å². The van der Waals surface area contributed by atoms with Crippen LogP contribution in [-0.4, -0.2) is 25.0 Å². The van der Waals surface area contributed by atoms with E-state index in [-0.39, 0.29) is 18.3 Å². The topological polar surface area (TPSA) is 55.4 Å². The second kappa shape index (κ2) is 12.6. The molecule has 0 unspecified atom stereocenters. The molecular formula is C20H31NO3. The lowest BCUT2D eigenvalue weighted by Gasteiger charge is -2.07. The van der Waals surface area contributed by atoms with Crippen molar-refractivity contribution < 1.29 is 14.3 Å². The normalized spacial score (nSPS) is 10.4. The van der Waals surface area contributed by atoms with Crippen molar-refractivity contribution in [3.63, 3.8) is 0 Å². The Morgan fingerprint density at radius 3 is 2.33 bits per heavy atom. The third-order valence-electron chi connectivity index (χ3n) is 3.91. The second-order valence-electron chi connectivity index (χ2n) is 6.09. The van der Waals surface area contributed by atoms with Gasteiger partial charge in [0.1, 0.15) is 0 Å². The van der Waals surface area contributed by atoms with Crippen molar-refractivity contribution in [1.82, 2.24) is 5.32 Å². The molecule has 1 aromatic carbocycles. The number of benzene rings is 1. The fourth-order valence-electron chi connectivity index (χ4n) is 2.37. The maximum absolute atomic E-state index is 12.0. The predicted octanol–water partition coefficient (Wildman–Crippen LogP) is 4.27. The average Bonchev–Trinajstić information content (AvgIpc) is 2.60. The molecule has 0 spiro atoms. The number of esters is 1. The molecule has 0 atom stereocenters. The van der Waals surface area contributed by atoms with Crippen LogP contribution in [0.4, 0.5) is 0 Å². The van der Waals surface area contributed by atoms with Gasteiger partial charge >= 0.3 is 5.97 Å². The van der Waals surface area contributed by atoms with Crippen molar-refractivity contribution in [3.8, 4) is 0 Å². The first-order valence-electron chi connectivity index (χ1n) is 9.20. The van der Waals surface area contributed by atoms with Crippen LogP contribution in [-0.2, 0) is 16.0 Å². The fourth-order valence-corrected chi connectivity index (χ4v) is 2.37. The zero-order chi connectivity index (χ0) is 17.6. The summed E-state index contributed by atoms with van der Waals surface area (Å²) in [5, 5.41) is 2.76. The Morgan fingerprint density at radius 2 is 1.67 bits per heavy atom. The van der Waals surface area contributed by atoms with Crippen LogP contribution in [0.5, 0.6) is 0 Å². The summed E-state index contributed by atoms with van der Waals surface area (Å²) in [5.41, 5.74) is 1.88. The van der Waals surface area contributed by atoms with E-state index in [1.165, 1.54) is 18.4 Å². The molecule has 0 fully saturated rings. The van der Waals surface area contributed by atoms with Crippen LogP contribution in [0.15, 0.2) is 24.3 Å². The van der Waals surface area contributed by atoms with Crippen LogP contribution in [0.25, 0.3) is 0 Å². The zero-order valence-corrected chi connectivity index (χ0v) is 15.1. The van der Waals surface area contributed by atoms with Crippen molar-refractivity contribution in [2.45, 2.75) is 65.2 Å². The molecule has 0 bridgehead atoms. The lowest BCUT2D eigenvalue weighted by Crippen LogP contribution is -2.26. The molecular weight excluding hydrogens is 302 g/mol. The molecule has 4 nitrogen and oxygen atoms in total. The first-order valence-corrected chi connectivity index (χ1v) is 9.20. The van der Waals surface area contributed by atoms with E-state index in [0.29, 0.717) is 18.7 Å². The summed E-state index contributed by atoms with van der Waals surface area (Å²) in [6.45, 7) is 5.10. The van der Waals surface area contributed by atoms with Gasteiger partial charge in [-0.1, -0.05) is 51.7 Å². The third kappa shape index (κ3) is 8.70. The van der Waals surface area contributed by atoms with Gasteiger partial charge in [-0.05, 0) is 37.0 Å². The number of hydrogen-bond acceptors (Lipinski definition) is 3. The molecule has 0 aromatic heterocycles. The number of amides is 1. The van der Waals surface area contributed by atoms with Gasteiger partial charge in [-0.15, -0.1) is 0 Å². The maximum Gasteiger partial charge on any atom is 0.307 e. The predicted molar refractivity (Wildman–Crippen MR) is 97.1 cm³/mol. The zero-order valence-electron chi connectivity index (χ0n) is 15.1. The highest BCUT2D eigenvalue weighted by Crippen LogP contribution is 2.08. The molecule has 0 saturated heterocycles. The molecule has 4 heteroatoms. The summed E-state index contributed by atoms with van der Waals surface area (Å²) < 4.78 is 5.14. The molecule has 0 radical (unpaired) electrons. The Morgan fingerprint density at radius 1 is 0.958 bits per heavy atom. The van der Waals surface area contributed by atoms with E-state index in [4.69, 9.17) is 4.74 Å². The number of ether oxygens (including phenoxy) is 1. The van der Waals surface area contributed by atoms with Gasteiger partial charge in [0.25, 0.3) is 5.91 Å². The number of carbonyl (C=O) groups excluding carboxylic acids is 2. The molecule has 1 amide bonds. The molecule has 0 saturated carbocycles. The SMILES string of the molecule is CCCCCCOC(=O)CCNC(=O)c1ccc(CCCC)cc1. The Kier molecular flexibility index (Phi) is 10.6. The quantitative estimate of drug-likeness (QED) is 0.459. The molecule has 24 heavy (non-hydrogen) atoms. The van der Waals surface area contributed by atoms with Crippen LogP contribution >= 0.6 is 0 Å². The van der Waals surface area contributed by atoms with E-state index in [9.17, 15) is 9.59 Å². The minimum absolute atomic E-state index is 0.146. The third-order valence-corrected chi connectivity index (χ3v) is 3.91. The molecule has 0 aliphatic rings. The van der Waals surface area contributed by atoms with E-state index in [0.717, 1.165) is 32.1 Å². The minimum atomic E-state index is -0.248. The minimum Gasteiger partial charge on any atom is -0.466 e. The van der Waals surface area contributed by atoms with Gasteiger partial charge < -0.3 is 10.1 Å². The van der Waals surface area contributed by atoms with E-state index in [1.54, 1.807) is 0 Å². The first kappa shape index (κ1) is 20.2. The van der Waals surface area contributed by atoms with Gasteiger partial charge in [-0.3, -0.25) is 9.59 Å². The highest BCUT2D eigenvalue weighted by Gasteiger charge is 2.07. The molecule has 0 aliphatic carbocycles. The maximum atomic E-state index is 12.0. The van der Waals surface area contributed by atoms with E-state index < -0.39 is 0 Å². The summed E-state index contributed by atoms with van der Waals surface area (Å²) >= 11 is 0. The smallest absolute Gasteiger partial charge is 0.307 e. The highest BCUT2D eigenvalue weighted by atomic mass is 16.5. The lowest BCUT2D eigenvalue weighted by atomic mass is 10.1. The van der Waals surface area contributed by atoms with E-state index in [1.807, 2.05) is 24.3 Å². The molecule has 1 rings (SSSR count). The Balaban J connectivity index is 2.19. The van der Waals surface area contributed by atoms with Crippen molar-refractivity contribution in [1.29, 1.82) is 0 Å². The number of nitrogens with one attached hydrogen (secondary N) is 1. The Bertz CT molecular complexity index is 482. The monoisotopic (exact) mass is 333 g/mol. The number of aryl methyl sites for hydroxylation is 1. The van der Waals surface area contributed by atoms with Crippen molar-refractivity contribution in [2.75, 3.05) is 13.2 Å². The van der Waals surface area contributed by atoms with Crippen molar-refractivity contribution in [2.24, 2.45) is 0 Å². The van der Waals surface area contributed by atoms with Crippen LogP contribution < -0.4 is 5.32 Å². The largest absolute Gasteiger partial charge is 0.466 e. The average molecular weight is 333 g/mol.